The minimum atomic E-state index is -4.47. The summed E-state index contributed by atoms with van der Waals surface area (Å²) in [5.41, 5.74) is -0.637. The van der Waals surface area contributed by atoms with Crippen molar-refractivity contribution in [1.82, 2.24) is 9.62 Å². The van der Waals surface area contributed by atoms with Crippen LogP contribution in [0.5, 0.6) is 0 Å². The number of hydrogen-bond acceptors (Lipinski definition) is 3. The van der Waals surface area contributed by atoms with Crippen LogP contribution in [0.4, 0.5) is 13.2 Å². The molecule has 3 rings (SSSR count). The van der Waals surface area contributed by atoms with Gasteiger partial charge in [0.2, 0.25) is 10.0 Å². The number of nitrogens with zero attached hydrogens (tertiary/aromatic N) is 1. The second-order valence-corrected chi connectivity index (χ2v) is 8.04. The van der Waals surface area contributed by atoms with Gasteiger partial charge in [0.25, 0.3) is 0 Å². The van der Waals surface area contributed by atoms with Crippen LogP contribution < -0.4 is 5.32 Å². The van der Waals surface area contributed by atoms with Crippen LogP contribution in [-0.4, -0.2) is 37.9 Å². The number of rotatable bonds is 3. The molecule has 2 fully saturated rings. The number of alkyl halides is 3. The van der Waals surface area contributed by atoms with Crippen molar-refractivity contribution in [3.8, 4) is 0 Å². The lowest BCUT2D eigenvalue weighted by atomic mass is 10.1. The maximum atomic E-state index is 12.8. The molecule has 1 aromatic rings. The summed E-state index contributed by atoms with van der Waals surface area (Å²) in [6.45, 7) is 1.38. The summed E-state index contributed by atoms with van der Waals surface area (Å²) in [6.07, 6.45) is -2.09. The van der Waals surface area contributed by atoms with Gasteiger partial charge in [-0.1, -0.05) is 18.2 Å². The van der Waals surface area contributed by atoms with Gasteiger partial charge in [-0.15, -0.1) is 12.4 Å². The summed E-state index contributed by atoms with van der Waals surface area (Å²) in [6, 6.07) is 4.45. The Kier molecular flexibility index (Phi) is 5.84. The van der Waals surface area contributed by atoms with E-state index in [0.717, 1.165) is 37.9 Å². The molecule has 0 aromatic heterocycles. The Morgan fingerprint density at radius 2 is 1.88 bits per heavy atom. The molecule has 2 bridgehead atoms. The number of sulfonamides is 1. The van der Waals surface area contributed by atoms with Gasteiger partial charge in [0.15, 0.2) is 0 Å². The molecule has 0 radical (unpaired) electrons. The lowest BCUT2D eigenvalue weighted by Gasteiger charge is -2.27. The summed E-state index contributed by atoms with van der Waals surface area (Å²) in [7, 11) is -3.63. The Hall–Kier alpha value is -0.830. The molecule has 136 valence electrons. The van der Waals surface area contributed by atoms with E-state index in [1.807, 2.05) is 0 Å². The quantitative estimate of drug-likeness (QED) is 0.871. The Morgan fingerprint density at radius 1 is 1.17 bits per heavy atom. The van der Waals surface area contributed by atoms with E-state index in [1.165, 1.54) is 16.4 Å². The summed E-state index contributed by atoms with van der Waals surface area (Å²) in [4.78, 5) is 0. The van der Waals surface area contributed by atoms with Crippen molar-refractivity contribution in [2.75, 3.05) is 13.1 Å². The van der Waals surface area contributed by atoms with Gasteiger partial charge in [-0.2, -0.15) is 17.5 Å². The van der Waals surface area contributed by atoms with Crippen molar-refractivity contribution in [3.05, 3.63) is 35.4 Å². The first-order chi connectivity index (χ1) is 10.8. The fourth-order valence-corrected chi connectivity index (χ4v) is 5.56. The van der Waals surface area contributed by atoms with Crippen LogP contribution in [0.1, 0.15) is 30.4 Å². The molecule has 2 atom stereocenters. The Morgan fingerprint density at radius 3 is 2.58 bits per heavy atom. The third kappa shape index (κ3) is 4.04. The molecule has 2 heterocycles. The molecule has 2 saturated heterocycles. The molecule has 24 heavy (non-hydrogen) atoms. The third-order valence-electron chi connectivity index (χ3n) is 4.51. The van der Waals surface area contributed by atoms with Gasteiger partial charge in [-0.25, -0.2) is 8.42 Å². The summed E-state index contributed by atoms with van der Waals surface area (Å²) < 4.78 is 65.4. The van der Waals surface area contributed by atoms with E-state index >= 15 is 0 Å². The highest BCUT2D eigenvalue weighted by Crippen LogP contribution is 2.33. The molecular weight excluding hydrogens is 365 g/mol. The minimum Gasteiger partial charge on any atom is -0.315 e. The number of halogens is 4. The molecule has 2 aliphatic rings. The first-order valence-corrected chi connectivity index (χ1v) is 9.26. The monoisotopic (exact) mass is 384 g/mol. The lowest BCUT2D eigenvalue weighted by Crippen LogP contribution is -2.43. The molecule has 1 aromatic carbocycles. The van der Waals surface area contributed by atoms with Gasteiger partial charge in [0, 0.05) is 18.6 Å². The molecular formula is C15H20ClF3N2O2S. The van der Waals surface area contributed by atoms with Crippen molar-refractivity contribution >= 4 is 22.4 Å². The van der Waals surface area contributed by atoms with Gasteiger partial charge in [0.1, 0.15) is 0 Å². The van der Waals surface area contributed by atoms with Crippen molar-refractivity contribution in [3.63, 3.8) is 0 Å². The Bertz CT molecular complexity index is 668. The zero-order valence-corrected chi connectivity index (χ0v) is 14.6. The molecule has 0 saturated carbocycles. The SMILES string of the molecule is Cl.O=S(=O)(Cc1cccc(C(F)(F)F)c1)N1C2CCNCC1CC2. The van der Waals surface area contributed by atoms with Crippen LogP contribution in [0, 0.1) is 0 Å². The third-order valence-corrected chi connectivity index (χ3v) is 6.45. The predicted molar refractivity (Wildman–Crippen MR) is 87.5 cm³/mol. The van der Waals surface area contributed by atoms with E-state index in [-0.39, 0.29) is 35.8 Å². The van der Waals surface area contributed by atoms with Crippen LogP contribution in [-0.2, 0) is 22.0 Å². The number of fused-ring (bicyclic) bond motifs is 2. The highest BCUT2D eigenvalue weighted by molar-refractivity contribution is 7.88. The summed E-state index contributed by atoms with van der Waals surface area (Å²) in [5, 5.41) is 3.22. The van der Waals surface area contributed by atoms with Gasteiger partial charge in [-0.05, 0) is 37.4 Å². The zero-order chi connectivity index (χ0) is 16.7. The van der Waals surface area contributed by atoms with E-state index in [0.29, 0.717) is 6.54 Å². The van der Waals surface area contributed by atoms with Crippen LogP contribution in [0.25, 0.3) is 0 Å². The maximum Gasteiger partial charge on any atom is 0.416 e. The van der Waals surface area contributed by atoms with Crippen LogP contribution in [0.15, 0.2) is 24.3 Å². The van der Waals surface area contributed by atoms with E-state index < -0.39 is 21.8 Å². The predicted octanol–water partition coefficient (Wildman–Crippen LogP) is 2.78. The minimum absolute atomic E-state index is 0. The van der Waals surface area contributed by atoms with E-state index in [9.17, 15) is 21.6 Å². The van der Waals surface area contributed by atoms with Crippen LogP contribution in [0.2, 0.25) is 0 Å². The fourth-order valence-electron chi connectivity index (χ4n) is 3.52. The molecule has 4 nitrogen and oxygen atoms in total. The highest BCUT2D eigenvalue weighted by atomic mass is 35.5. The highest BCUT2D eigenvalue weighted by Gasteiger charge is 2.42. The van der Waals surface area contributed by atoms with Crippen molar-refractivity contribution in [2.24, 2.45) is 0 Å². The normalized spacial score (nSPS) is 25.1. The summed E-state index contributed by atoms with van der Waals surface area (Å²) >= 11 is 0. The van der Waals surface area contributed by atoms with Gasteiger partial charge >= 0.3 is 6.18 Å². The number of benzene rings is 1. The second-order valence-electron chi connectivity index (χ2n) is 6.16. The lowest BCUT2D eigenvalue weighted by molar-refractivity contribution is -0.137. The molecule has 0 aliphatic carbocycles. The topological polar surface area (TPSA) is 49.4 Å². The van der Waals surface area contributed by atoms with Crippen molar-refractivity contribution < 1.29 is 21.6 Å². The maximum absolute atomic E-state index is 12.8. The van der Waals surface area contributed by atoms with Crippen molar-refractivity contribution in [2.45, 2.75) is 43.3 Å². The Labute approximate surface area is 145 Å². The molecule has 2 aliphatic heterocycles. The molecule has 2 unspecified atom stereocenters. The Balaban J connectivity index is 0.00000208. The van der Waals surface area contributed by atoms with Gasteiger partial charge in [-0.3, -0.25) is 0 Å². The fraction of sp³-hybridized carbons (Fsp3) is 0.600. The number of hydrogen-bond donors (Lipinski definition) is 1. The molecule has 0 amide bonds. The smallest absolute Gasteiger partial charge is 0.315 e. The number of nitrogens with one attached hydrogen (secondary N) is 1. The van der Waals surface area contributed by atoms with Gasteiger partial charge < -0.3 is 5.32 Å². The summed E-state index contributed by atoms with van der Waals surface area (Å²) in [5.74, 6) is -0.385. The zero-order valence-electron chi connectivity index (χ0n) is 12.9. The first-order valence-electron chi connectivity index (χ1n) is 7.65. The molecule has 9 heteroatoms. The van der Waals surface area contributed by atoms with Crippen molar-refractivity contribution in [1.29, 1.82) is 0 Å². The van der Waals surface area contributed by atoms with Crippen LogP contribution >= 0.6 is 12.4 Å². The largest absolute Gasteiger partial charge is 0.416 e. The second kappa shape index (κ2) is 7.19. The average Bonchev–Trinajstić information content (AvgIpc) is 2.72. The molecule has 1 N–H and O–H groups in total. The van der Waals surface area contributed by atoms with Crippen LogP contribution in [0.3, 0.4) is 0 Å². The van der Waals surface area contributed by atoms with Gasteiger partial charge in [0.05, 0.1) is 11.3 Å². The first kappa shape index (κ1) is 19.5. The standard InChI is InChI=1S/C15H19F3N2O2S.ClH/c16-15(17,18)12-3-1-2-11(8-12)10-23(21,22)20-13-4-5-14(20)9-19-7-6-13;/h1-3,8,13-14,19H,4-7,9-10H2;1H. The van der Waals surface area contributed by atoms with E-state index in [2.05, 4.69) is 5.32 Å². The van der Waals surface area contributed by atoms with E-state index in [1.54, 1.807) is 0 Å². The van der Waals surface area contributed by atoms with E-state index in [4.69, 9.17) is 0 Å². The molecule has 0 spiro atoms. The average molecular weight is 385 g/mol.